The van der Waals surface area contributed by atoms with Crippen molar-refractivity contribution in [3.63, 3.8) is 0 Å². The van der Waals surface area contributed by atoms with Crippen LogP contribution in [0, 0.1) is 0 Å². The predicted octanol–water partition coefficient (Wildman–Crippen LogP) is 0.667. The van der Waals surface area contributed by atoms with Crippen molar-refractivity contribution in [3.8, 4) is 0 Å². The third-order valence-electron chi connectivity index (χ3n) is 2.92. The molecule has 2 heteroatoms. The van der Waals surface area contributed by atoms with E-state index in [0.29, 0.717) is 0 Å². The van der Waals surface area contributed by atoms with Crippen molar-refractivity contribution in [2.75, 3.05) is 27.7 Å². The lowest BCUT2D eigenvalue weighted by Crippen LogP contribution is -3.00. The third-order valence-corrected chi connectivity index (χ3v) is 2.92. The second-order valence-corrected chi connectivity index (χ2v) is 5.89. The van der Waals surface area contributed by atoms with Crippen LogP contribution in [0.2, 0.25) is 0 Å². The molecule has 0 N–H and O–H groups in total. The highest BCUT2D eigenvalue weighted by Gasteiger charge is 2.11. The number of halogens is 1. The van der Waals surface area contributed by atoms with E-state index in [1.807, 2.05) is 0 Å². The van der Waals surface area contributed by atoms with Gasteiger partial charge in [0.1, 0.15) is 6.54 Å². The quantitative estimate of drug-likeness (QED) is 0.712. The van der Waals surface area contributed by atoms with Gasteiger partial charge in [-0.2, -0.15) is 0 Å². The van der Waals surface area contributed by atoms with Gasteiger partial charge < -0.3 is 16.9 Å². The molecule has 0 radical (unpaired) electrons. The maximum absolute atomic E-state index is 2.35. The number of rotatable bonds is 3. The van der Waals surface area contributed by atoms with Gasteiger partial charge in [0.2, 0.25) is 0 Å². The van der Waals surface area contributed by atoms with Gasteiger partial charge in [-0.15, -0.1) is 0 Å². The van der Waals surface area contributed by atoms with Gasteiger partial charge in [-0.1, -0.05) is 54.6 Å². The first-order valence-electron chi connectivity index (χ1n) is 6.46. The first kappa shape index (κ1) is 15.7. The molecule has 0 spiro atoms. The molecule has 0 fully saturated rings. The zero-order chi connectivity index (χ0) is 13.0. The van der Waals surface area contributed by atoms with Crippen molar-refractivity contribution < 1.29 is 16.9 Å². The van der Waals surface area contributed by atoms with Crippen molar-refractivity contribution >= 4 is 6.08 Å². The Balaban J connectivity index is 0.00000180. The molecule has 102 valence electrons. The lowest BCUT2D eigenvalue weighted by Gasteiger charge is -2.25. The molecule has 0 saturated heterocycles. The summed E-state index contributed by atoms with van der Waals surface area (Å²) >= 11 is 0. The topological polar surface area (TPSA) is 0 Å². The Morgan fingerprint density at radius 2 is 1.74 bits per heavy atom. The Morgan fingerprint density at radius 3 is 2.26 bits per heavy atom. The SMILES string of the molecule is C[N+](C)(C)CC1=CCC(=Cc2ccccc2)C=C1.[Cl-]. The molecule has 0 bridgehead atoms. The van der Waals surface area contributed by atoms with E-state index in [1.165, 1.54) is 16.7 Å². The van der Waals surface area contributed by atoms with Crippen LogP contribution >= 0.6 is 0 Å². The fourth-order valence-corrected chi connectivity index (χ4v) is 2.13. The van der Waals surface area contributed by atoms with Crippen LogP contribution in [0.3, 0.4) is 0 Å². The van der Waals surface area contributed by atoms with Crippen LogP contribution < -0.4 is 12.4 Å². The summed E-state index contributed by atoms with van der Waals surface area (Å²) in [5.41, 5.74) is 4.10. The molecule has 0 heterocycles. The second-order valence-electron chi connectivity index (χ2n) is 5.89. The van der Waals surface area contributed by atoms with Gasteiger partial charge in [-0.25, -0.2) is 0 Å². The number of nitrogens with zero attached hydrogens (tertiary/aromatic N) is 1. The molecule has 0 amide bonds. The number of hydrogen-bond acceptors (Lipinski definition) is 0. The van der Waals surface area contributed by atoms with Crippen LogP contribution in [-0.2, 0) is 0 Å². The zero-order valence-electron chi connectivity index (χ0n) is 11.9. The lowest BCUT2D eigenvalue weighted by atomic mass is 9.99. The Labute approximate surface area is 122 Å². The van der Waals surface area contributed by atoms with Gasteiger partial charge in [0.05, 0.1) is 21.1 Å². The fraction of sp³-hybridized carbons (Fsp3) is 0.294. The molecular weight excluding hydrogens is 254 g/mol. The van der Waals surface area contributed by atoms with Crippen LogP contribution in [0.5, 0.6) is 0 Å². The van der Waals surface area contributed by atoms with E-state index in [4.69, 9.17) is 0 Å². The van der Waals surface area contributed by atoms with Crippen LogP contribution in [0.25, 0.3) is 6.08 Å². The Kier molecular flexibility index (Phi) is 5.59. The largest absolute Gasteiger partial charge is 1.00 e. The summed E-state index contributed by atoms with van der Waals surface area (Å²) in [4.78, 5) is 0. The van der Waals surface area contributed by atoms with E-state index in [2.05, 4.69) is 75.8 Å². The molecule has 0 saturated carbocycles. The number of allylic oxidation sites excluding steroid dienone is 3. The normalized spacial score (nSPS) is 17.0. The summed E-state index contributed by atoms with van der Waals surface area (Å²) in [5, 5.41) is 0. The monoisotopic (exact) mass is 275 g/mol. The maximum Gasteiger partial charge on any atom is 0.103 e. The average molecular weight is 276 g/mol. The zero-order valence-corrected chi connectivity index (χ0v) is 12.7. The molecular formula is C17H22ClN. The van der Waals surface area contributed by atoms with E-state index in [9.17, 15) is 0 Å². The van der Waals surface area contributed by atoms with Gasteiger partial charge >= 0.3 is 0 Å². The molecule has 1 aliphatic rings. The third kappa shape index (κ3) is 5.46. The first-order valence-corrected chi connectivity index (χ1v) is 6.46. The van der Waals surface area contributed by atoms with Crippen LogP contribution in [-0.4, -0.2) is 32.2 Å². The van der Waals surface area contributed by atoms with Gasteiger partial charge in [0.15, 0.2) is 0 Å². The minimum absolute atomic E-state index is 0. The summed E-state index contributed by atoms with van der Waals surface area (Å²) in [6.45, 7) is 1.09. The van der Waals surface area contributed by atoms with Crippen molar-refractivity contribution in [1.29, 1.82) is 0 Å². The molecule has 0 unspecified atom stereocenters. The van der Waals surface area contributed by atoms with Crippen LogP contribution in [0.1, 0.15) is 12.0 Å². The number of quaternary nitrogens is 1. The second kappa shape index (κ2) is 6.74. The van der Waals surface area contributed by atoms with Crippen LogP contribution in [0.4, 0.5) is 0 Å². The fourth-order valence-electron chi connectivity index (χ4n) is 2.13. The summed E-state index contributed by atoms with van der Waals surface area (Å²) in [7, 11) is 6.68. The van der Waals surface area contributed by atoms with Gasteiger partial charge in [0, 0.05) is 5.57 Å². The first-order chi connectivity index (χ1) is 8.53. The van der Waals surface area contributed by atoms with Gasteiger partial charge in [-0.3, -0.25) is 0 Å². The van der Waals surface area contributed by atoms with Crippen molar-refractivity contribution in [1.82, 2.24) is 0 Å². The van der Waals surface area contributed by atoms with Crippen molar-refractivity contribution in [2.45, 2.75) is 6.42 Å². The molecule has 1 aromatic carbocycles. The minimum atomic E-state index is 0. The molecule has 1 aliphatic carbocycles. The maximum atomic E-state index is 2.35. The smallest absolute Gasteiger partial charge is 0.103 e. The predicted molar refractivity (Wildman–Crippen MR) is 79.2 cm³/mol. The molecule has 1 aromatic rings. The number of likely N-dealkylation sites (N-methyl/N-ethyl adjacent to an activating group) is 1. The Bertz CT molecular complexity index is 490. The average Bonchev–Trinajstić information content (AvgIpc) is 2.31. The van der Waals surface area contributed by atoms with E-state index in [0.717, 1.165) is 17.4 Å². The Morgan fingerprint density at radius 1 is 1.05 bits per heavy atom. The number of hydrogen-bond donors (Lipinski definition) is 0. The highest BCUT2D eigenvalue weighted by molar-refractivity contribution is 5.57. The van der Waals surface area contributed by atoms with E-state index in [-0.39, 0.29) is 12.4 Å². The molecule has 1 nitrogen and oxygen atoms in total. The molecule has 19 heavy (non-hydrogen) atoms. The summed E-state index contributed by atoms with van der Waals surface area (Å²) in [6.07, 6.45) is 10.1. The highest BCUT2D eigenvalue weighted by atomic mass is 35.5. The number of benzene rings is 1. The summed E-state index contributed by atoms with van der Waals surface area (Å²) in [5.74, 6) is 0. The molecule has 0 aliphatic heterocycles. The standard InChI is InChI=1S/C17H22N.ClH/c1-18(2,3)14-17-11-9-16(10-12-17)13-15-7-5-4-6-8-15;/h4-9,11-13H,10,14H2,1-3H3;1H/q+1;/p-1. The van der Waals surface area contributed by atoms with E-state index >= 15 is 0 Å². The van der Waals surface area contributed by atoms with Gasteiger partial charge in [0.25, 0.3) is 0 Å². The van der Waals surface area contributed by atoms with E-state index in [1.54, 1.807) is 0 Å². The molecule has 0 aromatic heterocycles. The summed E-state index contributed by atoms with van der Waals surface area (Å²) in [6, 6.07) is 10.5. The van der Waals surface area contributed by atoms with Crippen molar-refractivity contribution in [2.24, 2.45) is 0 Å². The minimum Gasteiger partial charge on any atom is -1.00 e. The Hall–Kier alpha value is -1.31. The van der Waals surface area contributed by atoms with E-state index < -0.39 is 0 Å². The van der Waals surface area contributed by atoms with Crippen LogP contribution in [0.15, 0.2) is 59.7 Å². The molecule has 0 atom stereocenters. The summed E-state index contributed by atoms with van der Waals surface area (Å²) < 4.78 is 0.980. The highest BCUT2D eigenvalue weighted by Crippen LogP contribution is 2.19. The van der Waals surface area contributed by atoms with Gasteiger partial charge in [-0.05, 0) is 17.6 Å². The molecule has 2 rings (SSSR count). The lowest BCUT2D eigenvalue weighted by molar-refractivity contribution is -0.865. The van der Waals surface area contributed by atoms with Crippen molar-refractivity contribution in [3.05, 3.63) is 65.3 Å².